The Hall–Kier alpha value is -2.01. The van der Waals surface area contributed by atoms with Crippen LogP contribution in [0.1, 0.15) is 31.9 Å². The molecule has 0 aliphatic carbocycles. The maximum Gasteiger partial charge on any atom is 0.410 e. The van der Waals surface area contributed by atoms with Crippen LogP contribution in [0.3, 0.4) is 0 Å². The molecule has 0 atom stereocenters. The maximum absolute atomic E-state index is 12.1. The number of rotatable bonds is 5. The number of carbonyl (C=O) groups excluding carboxylic acids is 1. The van der Waals surface area contributed by atoms with Crippen LogP contribution in [-0.4, -0.2) is 23.6 Å². The molecular formula is C20H24BrNO3. The predicted octanol–water partition coefficient (Wildman–Crippen LogP) is 5.40. The highest BCUT2D eigenvalue weighted by molar-refractivity contribution is 9.10. The second-order valence-corrected chi connectivity index (χ2v) is 7.82. The summed E-state index contributed by atoms with van der Waals surface area (Å²) in [6.45, 7) is 6.50. The SMILES string of the molecule is CN(Cc1cc(Br)cc(OCc2ccccc2)c1)C(=O)OC(C)(C)C. The number of hydrogen-bond acceptors (Lipinski definition) is 3. The molecule has 0 aliphatic rings. The van der Waals surface area contributed by atoms with Crippen molar-refractivity contribution in [3.8, 4) is 5.75 Å². The lowest BCUT2D eigenvalue weighted by molar-refractivity contribution is 0.0285. The highest BCUT2D eigenvalue weighted by Crippen LogP contribution is 2.23. The van der Waals surface area contributed by atoms with Crippen molar-refractivity contribution in [1.82, 2.24) is 4.90 Å². The van der Waals surface area contributed by atoms with Crippen molar-refractivity contribution in [2.24, 2.45) is 0 Å². The average molecular weight is 406 g/mol. The van der Waals surface area contributed by atoms with Gasteiger partial charge < -0.3 is 14.4 Å². The molecule has 0 unspecified atom stereocenters. The van der Waals surface area contributed by atoms with Gasteiger partial charge in [-0.1, -0.05) is 46.3 Å². The van der Waals surface area contributed by atoms with Crippen molar-refractivity contribution in [2.75, 3.05) is 7.05 Å². The summed E-state index contributed by atoms with van der Waals surface area (Å²) in [7, 11) is 1.72. The number of hydrogen-bond donors (Lipinski definition) is 0. The van der Waals surface area contributed by atoms with Crippen molar-refractivity contribution in [1.29, 1.82) is 0 Å². The molecule has 0 N–H and O–H groups in total. The van der Waals surface area contributed by atoms with Crippen LogP contribution < -0.4 is 4.74 Å². The van der Waals surface area contributed by atoms with Gasteiger partial charge in [0.05, 0.1) is 0 Å². The van der Waals surface area contributed by atoms with E-state index in [1.165, 1.54) is 0 Å². The van der Waals surface area contributed by atoms with E-state index < -0.39 is 5.60 Å². The minimum Gasteiger partial charge on any atom is -0.489 e. The summed E-state index contributed by atoms with van der Waals surface area (Å²) in [6.07, 6.45) is -0.348. The Morgan fingerprint density at radius 1 is 1.08 bits per heavy atom. The molecule has 0 spiro atoms. The van der Waals surface area contributed by atoms with E-state index >= 15 is 0 Å². The van der Waals surface area contributed by atoms with Crippen LogP contribution in [0, 0.1) is 0 Å². The Morgan fingerprint density at radius 2 is 1.76 bits per heavy atom. The minimum absolute atomic E-state index is 0.348. The van der Waals surface area contributed by atoms with Gasteiger partial charge in [0.1, 0.15) is 18.0 Å². The molecule has 0 saturated carbocycles. The van der Waals surface area contributed by atoms with Crippen LogP contribution >= 0.6 is 15.9 Å². The molecule has 2 aromatic carbocycles. The maximum atomic E-state index is 12.1. The molecule has 2 aromatic rings. The highest BCUT2D eigenvalue weighted by Gasteiger charge is 2.19. The lowest BCUT2D eigenvalue weighted by atomic mass is 10.2. The Labute approximate surface area is 157 Å². The monoisotopic (exact) mass is 405 g/mol. The molecule has 134 valence electrons. The third-order valence-corrected chi connectivity index (χ3v) is 3.76. The summed E-state index contributed by atoms with van der Waals surface area (Å²) in [5.41, 5.74) is 1.56. The highest BCUT2D eigenvalue weighted by atomic mass is 79.9. The second kappa shape index (κ2) is 8.39. The molecule has 0 fully saturated rings. The first-order valence-corrected chi connectivity index (χ1v) is 8.92. The average Bonchev–Trinajstić information content (AvgIpc) is 2.52. The first-order chi connectivity index (χ1) is 11.7. The van der Waals surface area contributed by atoms with Crippen molar-refractivity contribution in [2.45, 2.75) is 39.5 Å². The molecule has 0 saturated heterocycles. The van der Waals surface area contributed by atoms with Crippen molar-refractivity contribution in [3.63, 3.8) is 0 Å². The molecule has 0 bridgehead atoms. The molecule has 1 amide bonds. The van der Waals surface area contributed by atoms with E-state index in [9.17, 15) is 4.79 Å². The van der Waals surface area contributed by atoms with Gasteiger partial charge in [-0.15, -0.1) is 0 Å². The van der Waals surface area contributed by atoms with E-state index in [4.69, 9.17) is 9.47 Å². The number of benzene rings is 2. The van der Waals surface area contributed by atoms with Gasteiger partial charge in [-0.25, -0.2) is 4.79 Å². The fourth-order valence-corrected chi connectivity index (χ4v) is 2.73. The molecule has 4 nitrogen and oxygen atoms in total. The lowest BCUT2D eigenvalue weighted by Crippen LogP contribution is -2.33. The zero-order valence-corrected chi connectivity index (χ0v) is 16.7. The molecule has 0 radical (unpaired) electrons. The summed E-state index contributed by atoms with van der Waals surface area (Å²) in [6, 6.07) is 15.8. The molecule has 0 aromatic heterocycles. The number of nitrogens with zero attached hydrogens (tertiary/aromatic N) is 1. The summed E-state index contributed by atoms with van der Waals surface area (Å²) >= 11 is 3.50. The van der Waals surface area contributed by atoms with E-state index in [1.54, 1.807) is 11.9 Å². The Kier molecular flexibility index (Phi) is 6.48. The van der Waals surface area contributed by atoms with Crippen LogP contribution in [-0.2, 0) is 17.9 Å². The van der Waals surface area contributed by atoms with Crippen LogP contribution in [0.4, 0.5) is 4.79 Å². The van der Waals surface area contributed by atoms with Gasteiger partial charge in [0.25, 0.3) is 0 Å². The van der Waals surface area contributed by atoms with E-state index in [0.29, 0.717) is 13.2 Å². The standard InChI is InChI=1S/C20H24BrNO3/c1-20(2,3)25-19(23)22(4)13-16-10-17(21)12-18(11-16)24-14-15-8-6-5-7-9-15/h5-12H,13-14H2,1-4H3. The Balaban J connectivity index is 2.01. The molecule has 0 heterocycles. The van der Waals surface area contributed by atoms with E-state index in [-0.39, 0.29) is 6.09 Å². The Bertz CT molecular complexity index is 711. The first-order valence-electron chi connectivity index (χ1n) is 8.13. The fraction of sp³-hybridized carbons (Fsp3) is 0.350. The van der Waals surface area contributed by atoms with Crippen LogP contribution in [0.25, 0.3) is 0 Å². The number of amides is 1. The normalized spacial score (nSPS) is 11.1. The van der Waals surface area contributed by atoms with Gasteiger partial charge in [0, 0.05) is 18.1 Å². The van der Waals surface area contributed by atoms with Crippen molar-refractivity contribution >= 4 is 22.0 Å². The summed E-state index contributed by atoms with van der Waals surface area (Å²) in [4.78, 5) is 13.7. The quantitative estimate of drug-likeness (QED) is 0.668. The van der Waals surface area contributed by atoms with Crippen molar-refractivity contribution in [3.05, 3.63) is 64.1 Å². The number of halogens is 1. The fourth-order valence-electron chi connectivity index (χ4n) is 2.21. The molecule has 2 rings (SSSR count). The molecular weight excluding hydrogens is 382 g/mol. The van der Waals surface area contributed by atoms with Gasteiger partial charge in [-0.3, -0.25) is 0 Å². The van der Waals surface area contributed by atoms with E-state index in [1.807, 2.05) is 69.3 Å². The zero-order chi connectivity index (χ0) is 18.4. The van der Waals surface area contributed by atoms with Gasteiger partial charge >= 0.3 is 6.09 Å². The molecule has 0 aliphatic heterocycles. The minimum atomic E-state index is -0.507. The topological polar surface area (TPSA) is 38.8 Å². The van der Waals surface area contributed by atoms with Gasteiger partial charge in [-0.05, 0) is 50.1 Å². The lowest BCUT2D eigenvalue weighted by Gasteiger charge is -2.24. The third-order valence-electron chi connectivity index (χ3n) is 3.30. The van der Waals surface area contributed by atoms with Crippen LogP contribution in [0.15, 0.2) is 53.0 Å². The Morgan fingerprint density at radius 3 is 2.40 bits per heavy atom. The smallest absolute Gasteiger partial charge is 0.410 e. The van der Waals surface area contributed by atoms with E-state index in [0.717, 1.165) is 21.3 Å². The van der Waals surface area contributed by atoms with Crippen LogP contribution in [0.2, 0.25) is 0 Å². The number of ether oxygens (including phenoxy) is 2. The molecule has 25 heavy (non-hydrogen) atoms. The predicted molar refractivity (Wildman–Crippen MR) is 103 cm³/mol. The van der Waals surface area contributed by atoms with Gasteiger partial charge in [0.2, 0.25) is 0 Å². The van der Waals surface area contributed by atoms with Gasteiger partial charge in [-0.2, -0.15) is 0 Å². The third kappa shape index (κ3) is 6.78. The van der Waals surface area contributed by atoms with Crippen molar-refractivity contribution < 1.29 is 14.3 Å². The summed E-state index contributed by atoms with van der Waals surface area (Å²) in [5, 5.41) is 0. The summed E-state index contributed by atoms with van der Waals surface area (Å²) < 4.78 is 12.2. The zero-order valence-electron chi connectivity index (χ0n) is 15.1. The van der Waals surface area contributed by atoms with E-state index in [2.05, 4.69) is 15.9 Å². The van der Waals surface area contributed by atoms with Gasteiger partial charge in [0.15, 0.2) is 0 Å². The molecule has 5 heteroatoms. The number of carbonyl (C=O) groups is 1. The first kappa shape index (κ1) is 19.3. The van der Waals surface area contributed by atoms with Crippen LogP contribution in [0.5, 0.6) is 5.75 Å². The second-order valence-electron chi connectivity index (χ2n) is 6.91. The largest absolute Gasteiger partial charge is 0.489 e. The summed E-state index contributed by atoms with van der Waals surface area (Å²) in [5.74, 6) is 0.755.